The minimum Gasteiger partial charge on any atom is -0.324 e. The first-order valence-electron chi connectivity index (χ1n) is 5.20. The molecule has 2 N–H and O–H groups in total. The normalized spacial score (nSPS) is 13.7. The van der Waals surface area contributed by atoms with Crippen molar-refractivity contribution in [3.8, 4) is 0 Å². The van der Waals surface area contributed by atoms with Gasteiger partial charge >= 0.3 is 0 Å². The van der Waals surface area contributed by atoms with Gasteiger partial charge in [-0.25, -0.2) is 0 Å². The Morgan fingerprint density at radius 1 is 1.20 bits per heavy atom. The Hall–Kier alpha value is -1.42. The molecule has 1 aromatic heterocycles. The van der Waals surface area contributed by atoms with Crippen LogP contribution in [0.2, 0.25) is 0 Å². The van der Waals surface area contributed by atoms with Crippen molar-refractivity contribution in [2.75, 3.05) is 0 Å². The highest BCUT2D eigenvalue weighted by Crippen LogP contribution is 2.20. The third kappa shape index (κ3) is 1.72. The Labute approximate surface area is 89.1 Å². The van der Waals surface area contributed by atoms with Gasteiger partial charge < -0.3 is 5.73 Å². The summed E-state index contributed by atoms with van der Waals surface area (Å²) in [5.41, 5.74) is 8.78. The van der Waals surface area contributed by atoms with Crippen LogP contribution in [0.5, 0.6) is 0 Å². The van der Waals surface area contributed by atoms with Crippen LogP contribution in [0.1, 0.15) is 38.4 Å². The zero-order chi connectivity index (χ0) is 11.0. The van der Waals surface area contributed by atoms with E-state index >= 15 is 0 Å². The van der Waals surface area contributed by atoms with Crippen molar-refractivity contribution in [1.29, 1.82) is 0 Å². The Morgan fingerprint density at radius 3 is 2.53 bits per heavy atom. The fourth-order valence-corrected chi connectivity index (χ4v) is 1.57. The molecule has 0 spiro atoms. The highest BCUT2D eigenvalue weighted by molar-refractivity contribution is 5.77. The highest BCUT2D eigenvalue weighted by atomic mass is 15.5. The molecule has 0 aliphatic heterocycles. The average molecular weight is 204 g/mol. The van der Waals surface area contributed by atoms with E-state index in [1.54, 1.807) is 4.80 Å². The molecule has 0 saturated carbocycles. The van der Waals surface area contributed by atoms with Crippen molar-refractivity contribution >= 4 is 11.0 Å². The van der Waals surface area contributed by atoms with E-state index in [9.17, 15) is 0 Å². The van der Waals surface area contributed by atoms with Gasteiger partial charge in [0.25, 0.3) is 0 Å². The predicted octanol–water partition coefficient (Wildman–Crippen LogP) is 2.03. The fourth-order valence-electron chi connectivity index (χ4n) is 1.57. The van der Waals surface area contributed by atoms with Gasteiger partial charge in [0, 0.05) is 6.04 Å². The number of hydrogen-bond donors (Lipinski definition) is 1. The number of nitrogens with two attached hydrogens (primary N) is 1. The van der Waals surface area contributed by atoms with Gasteiger partial charge in [0.05, 0.1) is 6.04 Å². The molecule has 1 aromatic carbocycles. The van der Waals surface area contributed by atoms with Gasteiger partial charge in [-0.3, -0.25) is 0 Å². The van der Waals surface area contributed by atoms with Crippen molar-refractivity contribution in [2.45, 2.75) is 32.9 Å². The van der Waals surface area contributed by atoms with Gasteiger partial charge in [-0.15, -0.1) is 0 Å². The van der Waals surface area contributed by atoms with E-state index in [1.165, 1.54) is 0 Å². The average Bonchev–Trinajstić information content (AvgIpc) is 2.60. The summed E-state index contributed by atoms with van der Waals surface area (Å²) in [4.78, 5) is 1.73. The Balaban J connectivity index is 2.64. The van der Waals surface area contributed by atoms with Gasteiger partial charge in [0.1, 0.15) is 11.0 Å². The number of benzene rings is 1. The van der Waals surface area contributed by atoms with Crippen LogP contribution >= 0.6 is 0 Å². The summed E-state index contributed by atoms with van der Waals surface area (Å²) in [6, 6.07) is 6.21. The van der Waals surface area contributed by atoms with Gasteiger partial charge in [-0.2, -0.15) is 15.0 Å². The molecule has 0 saturated heterocycles. The first kappa shape index (κ1) is 10.1. The zero-order valence-electron chi connectivity index (χ0n) is 9.31. The van der Waals surface area contributed by atoms with Crippen molar-refractivity contribution in [2.24, 2.45) is 5.73 Å². The van der Waals surface area contributed by atoms with Crippen LogP contribution in [-0.4, -0.2) is 15.0 Å². The zero-order valence-corrected chi connectivity index (χ0v) is 9.31. The lowest BCUT2D eigenvalue weighted by Crippen LogP contribution is -2.06. The van der Waals surface area contributed by atoms with Crippen molar-refractivity contribution < 1.29 is 0 Å². The van der Waals surface area contributed by atoms with Gasteiger partial charge in [0.2, 0.25) is 0 Å². The van der Waals surface area contributed by atoms with Crippen LogP contribution in [0.25, 0.3) is 11.0 Å². The molecule has 15 heavy (non-hydrogen) atoms. The van der Waals surface area contributed by atoms with E-state index in [0.717, 1.165) is 16.6 Å². The first-order valence-corrected chi connectivity index (χ1v) is 5.20. The molecule has 1 unspecified atom stereocenters. The molecule has 1 heterocycles. The quantitative estimate of drug-likeness (QED) is 0.814. The lowest BCUT2D eigenvalue weighted by atomic mass is 10.1. The molecule has 80 valence electrons. The Bertz CT molecular complexity index is 470. The maximum atomic E-state index is 5.89. The van der Waals surface area contributed by atoms with E-state index in [-0.39, 0.29) is 12.1 Å². The summed E-state index contributed by atoms with van der Waals surface area (Å²) < 4.78 is 0. The molecule has 2 rings (SSSR count). The molecule has 0 radical (unpaired) electrons. The summed E-state index contributed by atoms with van der Waals surface area (Å²) >= 11 is 0. The minimum absolute atomic E-state index is 0.00832. The molecule has 0 aliphatic rings. The highest BCUT2D eigenvalue weighted by Gasteiger charge is 2.11. The van der Waals surface area contributed by atoms with Crippen LogP contribution in [0.4, 0.5) is 0 Å². The third-order valence-electron chi connectivity index (χ3n) is 2.41. The molecule has 4 heteroatoms. The topological polar surface area (TPSA) is 56.7 Å². The number of rotatable bonds is 2. The number of nitrogens with zero attached hydrogens (tertiary/aromatic N) is 3. The van der Waals surface area contributed by atoms with Crippen molar-refractivity contribution in [3.63, 3.8) is 0 Å². The first-order chi connectivity index (χ1) is 7.09. The standard InChI is InChI=1S/C11H16N4/c1-7(2)15-13-10-6-4-5-9(8(3)12)11(10)14-15/h4-8H,12H2,1-3H3. The van der Waals surface area contributed by atoms with Crippen LogP contribution < -0.4 is 5.73 Å². The second-order valence-corrected chi connectivity index (χ2v) is 4.12. The molecule has 2 aromatic rings. The molecule has 0 amide bonds. The molecular weight excluding hydrogens is 188 g/mol. The van der Waals surface area contributed by atoms with Crippen molar-refractivity contribution in [1.82, 2.24) is 15.0 Å². The lowest BCUT2D eigenvalue weighted by molar-refractivity contribution is 0.472. The SMILES string of the molecule is CC(N)c1cccc2nn(C(C)C)nc12. The lowest BCUT2D eigenvalue weighted by Gasteiger charge is -2.04. The van der Waals surface area contributed by atoms with Gasteiger partial charge in [0.15, 0.2) is 0 Å². The predicted molar refractivity (Wildman–Crippen MR) is 60.5 cm³/mol. The number of aromatic nitrogens is 3. The van der Waals surface area contributed by atoms with Crippen LogP contribution in [0.3, 0.4) is 0 Å². The maximum Gasteiger partial charge on any atom is 0.117 e. The Kier molecular flexibility index (Phi) is 2.44. The van der Waals surface area contributed by atoms with E-state index in [1.807, 2.05) is 25.1 Å². The maximum absolute atomic E-state index is 5.89. The monoisotopic (exact) mass is 204 g/mol. The largest absolute Gasteiger partial charge is 0.324 e. The fraction of sp³-hybridized carbons (Fsp3) is 0.455. The summed E-state index contributed by atoms with van der Waals surface area (Å²) in [5, 5.41) is 8.86. The van der Waals surface area contributed by atoms with E-state index in [2.05, 4.69) is 24.0 Å². The summed E-state index contributed by atoms with van der Waals surface area (Å²) in [6.07, 6.45) is 0. The summed E-state index contributed by atoms with van der Waals surface area (Å²) in [7, 11) is 0. The minimum atomic E-state index is -0.00832. The molecular formula is C11H16N4. The Morgan fingerprint density at radius 2 is 1.93 bits per heavy atom. The molecule has 1 atom stereocenters. The molecule has 0 aliphatic carbocycles. The van der Waals surface area contributed by atoms with E-state index in [4.69, 9.17) is 5.73 Å². The van der Waals surface area contributed by atoms with Crippen LogP contribution in [-0.2, 0) is 0 Å². The molecule has 0 bridgehead atoms. The second-order valence-electron chi connectivity index (χ2n) is 4.12. The van der Waals surface area contributed by atoms with Gasteiger partial charge in [-0.1, -0.05) is 12.1 Å². The van der Waals surface area contributed by atoms with Crippen molar-refractivity contribution in [3.05, 3.63) is 23.8 Å². The summed E-state index contributed by atoms with van der Waals surface area (Å²) in [5.74, 6) is 0. The third-order valence-corrected chi connectivity index (χ3v) is 2.41. The number of hydrogen-bond acceptors (Lipinski definition) is 3. The van der Waals surface area contributed by atoms with E-state index in [0.29, 0.717) is 0 Å². The van der Waals surface area contributed by atoms with Gasteiger partial charge in [-0.05, 0) is 32.4 Å². The summed E-state index contributed by atoms with van der Waals surface area (Å²) in [6.45, 7) is 6.08. The van der Waals surface area contributed by atoms with E-state index < -0.39 is 0 Å². The molecule has 0 fully saturated rings. The second kappa shape index (κ2) is 3.62. The molecule has 4 nitrogen and oxygen atoms in total. The van der Waals surface area contributed by atoms with Crippen LogP contribution in [0.15, 0.2) is 18.2 Å². The number of fused-ring (bicyclic) bond motifs is 1. The van der Waals surface area contributed by atoms with Crippen LogP contribution in [0, 0.1) is 0 Å². The smallest absolute Gasteiger partial charge is 0.117 e.